The van der Waals surface area contributed by atoms with E-state index < -0.39 is 5.91 Å². The summed E-state index contributed by atoms with van der Waals surface area (Å²) in [5.74, 6) is -0.201. The molecule has 0 bridgehead atoms. The lowest BCUT2D eigenvalue weighted by atomic mass is 9.88. The number of primary amides is 1. The molecule has 3 rings (SSSR count). The van der Waals surface area contributed by atoms with Crippen molar-refractivity contribution in [3.05, 3.63) is 56.9 Å². The van der Waals surface area contributed by atoms with Gasteiger partial charge in [-0.15, -0.1) is 11.3 Å². The summed E-state index contributed by atoms with van der Waals surface area (Å²) < 4.78 is 0. The molecule has 0 aliphatic heterocycles. The van der Waals surface area contributed by atoms with E-state index in [1.807, 2.05) is 12.1 Å². The largest absolute Gasteiger partial charge is 0.365 e. The number of hydrogen-bond donors (Lipinski definition) is 2. The predicted octanol–water partition coefficient (Wildman–Crippen LogP) is 4.28. The van der Waals surface area contributed by atoms with E-state index in [0.717, 1.165) is 35.3 Å². The van der Waals surface area contributed by atoms with E-state index >= 15 is 0 Å². The first kappa shape index (κ1) is 17.7. The Balaban J connectivity index is 1.80. The average molecular weight is 375 g/mol. The summed E-state index contributed by atoms with van der Waals surface area (Å²) in [6.07, 6.45) is 5.90. The van der Waals surface area contributed by atoms with Crippen LogP contribution in [0.3, 0.4) is 0 Å². The van der Waals surface area contributed by atoms with Gasteiger partial charge < -0.3 is 11.1 Å². The van der Waals surface area contributed by atoms with Crippen molar-refractivity contribution in [3.63, 3.8) is 0 Å². The number of amides is 2. The van der Waals surface area contributed by atoms with Crippen molar-refractivity contribution in [3.8, 4) is 0 Å². The van der Waals surface area contributed by atoms with Crippen molar-refractivity contribution >= 4 is 45.8 Å². The smallest absolute Gasteiger partial charge is 0.251 e. The van der Waals surface area contributed by atoms with Gasteiger partial charge in [0.05, 0.1) is 5.56 Å². The first-order valence-electron chi connectivity index (χ1n) is 8.13. The molecule has 1 unspecified atom stereocenters. The van der Waals surface area contributed by atoms with Crippen LogP contribution in [-0.4, -0.2) is 11.8 Å². The van der Waals surface area contributed by atoms with Gasteiger partial charge in [-0.3, -0.25) is 9.59 Å². The highest BCUT2D eigenvalue weighted by atomic mass is 35.5. The second-order valence-corrected chi connectivity index (χ2v) is 7.84. The molecular weight excluding hydrogens is 356 g/mol. The van der Waals surface area contributed by atoms with E-state index in [-0.39, 0.29) is 5.91 Å². The van der Waals surface area contributed by atoms with Crippen LogP contribution in [0.5, 0.6) is 0 Å². The summed E-state index contributed by atoms with van der Waals surface area (Å²) in [4.78, 5) is 25.3. The molecule has 1 aromatic heterocycles. The normalized spacial score (nSPS) is 16.6. The van der Waals surface area contributed by atoms with Gasteiger partial charge in [0, 0.05) is 16.0 Å². The minimum absolute atomic E-state index is 0.297. The molecule has 0 spiro atoms. The Morgan fingerprint density at radius 1 is 1.40 bits per heavy atom. The first-order chi connectivity index (χ1) is 11.9. The number of carbonyl (C=O) groups excluding carboxylic acids is 2. The quantitative estimate of drug-likeness (QED) is 0.784. The SMILES string of the molecule is CC1CCc2c(sc(NC(=O)/C=C/c3cccc(Cl)c3)c2C(N)=O)C1. The third kappa shape index (κ3) is 4.11. The van der Waals surface area contributed by atoms with Gasteiger partial charge in [0.1, 0.15) is 5.00 Å². The molecule has 1 aliphatic carbocycles. The Hall–Kier alpha value is -2.11. The molecule has 2 aromatic rings. The maximum atomic E-state index is 12.2. The Kier molecular flexibility index (Phi) is 5.25. The topological polar surface area (TPSA) is 72.2 Å². The van der Waals surface area contributed by atoms with Gasteiger partial charge in [0.25, 0.3) is 5.91 Å². The maximum absolute atomic E-state index is 12.2. The highest BCUT2D eigenvalue weighted by Crippen LogP contribution is 2.39. The number of rotatable bonds is 4. The van der Waals surface area contributed by atoms with Crippen molar-refractivity contribution in [2.45, 2.75) is 26.2 Å². The van der Waals surface area contributed by atoms with Crippen LogP contribution in [0.15, 0.2) is 30.3 Å². The molecule has 2 amide bonds. The van der Waals surface area contributed by atoms with Crippen LogP contribution in [0.2, 0.25) is 5.02 Å². The van der Waals surface area contributed by atoms with Crippen molar-refractivity contribution < 1.29 is 9.59 Å². The molecule has 4 nitrogen and oxygen atoms in total. The molecular formula is C19H19ClN2O2S. The fourth-order valence-electron chi connectivity index (χ4n) is 3.04. The Morgan fingerprint density at radius 2 is 2.20 bits per heavy atom. The van der Waals surface area contributed by atoms with Crippen LogP contribution in [0.1, 0.15) is 39.7 Å². The molecule has 6 heteroatoms. The Bertz CT molecular complexity index is 857. The van der Waals surface area contributed by atoms with Gasteiger partial charge in [-0.2, -0.15) is 0 Å². The summed E-state index contributed by atoms with van der Waals surface area (Å²) in [5, 5.41) is 3.97. The molecule has 0 fully saturated rings. The highest BCUT2D eigenvalue weighted by molar-refractivity contribution is 7.17. The first-order valence-corrected chi connectivity index (χ1v) is 9.32. The van der Waals surface area contributed by atoms with Gasteiger partial charge in [-0.05, 0) is 54.5 Å². The standard InChI is InChI=1S/C19H19ClN2O2S/c1-11-5-7-14-15(9-11)25-19(17(14)18(21)24)22-16(23)8-6-12-3-2-4-13(20)10-12/h2-4,6,8,10-11H,5,7,9H2,1H3,(H2,21,24)(H,22,23)/b8-6+. The minimum Gasteiger partial charge on any atom is -0.365 e. The maximum Gasteiger partial charge on any atom is 0.251 e. The Labute approximate surface area is 155 Å². The fraction of sp³-hybridized carbons (Fsp3) is 0.263. The zero-order valence-corrected chi connectivity index (χ0v) is 15.4. The number of hydrogen-bond acceptors (Lipinski definition) is 3. The molecule has 0 radical (unpaired) electrons. The van der Waals surface area contributed by atoms with Gasteiger partial charge >= 0.3 is 0 Å². The Morgan fingerprint density at radius 3 is 2.92 bits per heavy atom. The van der Waals surface area contributed by atoms with E-state index in [4.69, 9.17) is 17.3 Å². The van der Waals surface area contributed by atoms with E-state index in [1.54, 1.807) is 18.2 Å². The van der Waals surface area contributed by atoms with Gasteiger partial charge in [0.15, 0.2) is 0 Å². The lowest BCUT2D eigenvalue weighted by Crippen LogP contribution is -2.18. The van der Waals surface area contributed by atoms with Crippen LogP contribution < -0.4 is 11.1 Å². The van der Waals surface area contributed by atoms with Gasteiger partial charge in [-0.25, -0.2) is 0 Å². The van der Waals surface area contributed by atoms with Crippen molar-refractivity contribution in [2.75, 3.05) is 5.32 Å². The zero-order chi connectivity index (χ0) is 18.0. The number of nitrogens with two attached hydrogens (primary N) is 1. The van der Waals surface area contributed by atoms with Crippen molar-refractivity contribution in [1.82, 2.24) is 0 Å². The summed E-state index contributed by atoms with van der Waals surface area (Å²) in [6, 6.07) is 7.22. The van der Waals surface area contributed by atoms with E-state index in [0.29, 0.717) is 21.5 Å². The third-order valence-electron chi connectivity index (χ3n) is 4.27. The molecule has 1 atom stereocenters. The van der Waals surface area contributed by atoms with Crippen LogP contribution in [0, 0.1) is 5.92 Å². The summed E-state index contributed by atoms with van der Waals surface area (Å²) in [7, 11) is 0. The number of halogens is 1. The van der Waals surface area contributed by atoms with E-state index in [1.165, 1.54) is 17.4 Å². The molecule has 3 N–H and O–H groups in total. The molecule has 1 aromatic carbocycles. The number of nitrogens with one attached hydrogen (secondary N) is 1. The van der Waals surface area contributed by atoms with Crippen LogP contribution in [0.4, 0.5) is 5.00 Å². The van der Waals surface area contributed by atoms with Gasteiger partial charge in [0.2, 0.25) is 5.91 Å². The van der Waals surface area contributed by atoms with Gasteiger partial charge in [-0.1, -0.05) is 30.7 Å². The average Bonchev–Trinajstić information content (AvgIpc) is 2.90. The van der Waals surface area contributed by atoms with Crippen LogP contribution >= 0.6 is 22.9 Å². The van der Waals surface area contributed by atoms with Crippen LogP contribution in [0.25, 0.3) is 6.08 Å². The summed E-state index contributed by atoms with van der Waals surface area (Å²) >= 11 is 7.39. The third-order valence-corrected chi connectivity index (χ3v) is 5.68. The van der Waals surface area contributed by atoms with E-state index in [9.17, 15) is 9.59 Å². The molecule has 0 saturated heterocycles. The molecule has 130 valence electrons. The number of fused-ring (bicyclic) bond motifs is 1. The molecule has 0 saturated carbocycles. The van der Waals surface area contributed by atoms with Crippen molar-refractivity contribution in [1.29, 1.82) is 0 Å². The number of anilines is 1. The number of benzene rings is 1. The fourth-order valence-corrected chi connectivity index (χ4v) is 4.65. The minimum atomic E-state index is -0.485. The second-order valence-electron chi connectivity index (χ2n) is 6.30. The van der Waals surface area contributed by atoms with Crippen LogP contribution in [-0.2, 0) is 17.6 Å². The zero-order valence-electron chi connectivity index (χ0n) is 13.8. The predicted molar refractivity (Wildman–Crippen MR) is 103 cm³/mol. The molecule has 1 heterocycles. The molecule has 25 heavy (non-hydrogen) atoms. The monoisotopic (exact) mass is 374 g/mol. The summed E-state index contributed by atoms with van der Waals surface area (Å²) in [6.45, 7) is 2.19. The molecule has 1 aliphatic rings. The second kappa shape index (κ2) is 7.42. The number of carbonyl (C=O) groups is 2. The van der Waals surface area contributed by atoms with Crippen molar-refractivity contribution in [2.24, 2.45) is 11.7 Å². The summed E-state index contributed by atoms with van der Waals surface area (Å²) in [5.41, 5.74) is 7.86. The highest BCUT2D eigenvalue weighted by Gasteiger charge is 2.26. The lowest BCUT2D eigenvalue weighted by Gasteiger charge is -2.18. The number of thiophene rings is 1. The lowest BCUT2D eigenvalue weighted by molar-refractivity contribution is -0.111. The van der Waals surface area contributed by atoms with E-state index in [2.05, 4.69) is 12.2 Å².